The molecule has 0 atom stereocenters. The van der Waals surface area contributed by atoms with Crippen LogP contribution in [0.5, 0.6) is 11.5 Å². The van der Waals surface area contributed by atoms with Crippen molar-refractivity contribution in [1.29, 1.82) is 0 Å². The summed E-state index contributed by atoms with van der Waals surface area (Å²) in [6, 6.07) is 15.9. The Morgan fingerprint density at radius 3 is 2.57 bits per heavy atom. The summed E-state index contributed by atoms with van der Waals surface area (Å²) in [6.45, 7) is 2.01. The fourth-order valence-electron chi connectivity index (χ4n) is 3.07. The highest BCUT2D eigenvalue weighted by molar-refractivity contribution is 7.89. The molecule has 1 N–H and O–H groups in total. The van der Waals surface area contributed by atoms with Crippen molar-refractivity contribution < 1.29 is 27.0 Å². The second kappa shape index (κ2) is 9.34. The van der Waals surface area contributed by atoms with Crippen molar-refractivity contribution >= 4 is 10.0 Å². The van der Waals surface area contributed by atoms with Crippen LogP contribution < -0.4 is 14.2 Å². The summed E-state index contributed by atoms with van der Waals surface area (Å²) in [7, 11) is -3.69. The van der Waals surface area contributed by atoms with E-state index in [0.717, 1.165) is 23.3 Å². The molecule has 0 fully saturated rings. The minimum atomic E-state index is -3.69. The lowest BCUT2D eigenvalue weighted by Crippen LogP contribution is -2.23. The number of sulfonamides is 1. The second-order valence-electron chi connectivity index (χ2n) is 6.88. The molecule has 7 nitrogen and oxygen atoms in total. The molecular formula is C22H23NO6S. The van der Waals surface area contributed by atoms with Gasteiger partial charge in [0.2, 0.25) is 10.0 Å². The van der Waals surface area contributed by atoms with Crippen LogP contribution in [0.1, 0.15) is 23.3 Å². The number of nitrogens with one attached hydrogen (secondary N) is 1. The summed E-state index contributed by atoms with van der Waals surface area (Å²) in [6.07, 6.45) is 2.37. The van der Waals surface area contributed by atoms with E-state index in [4.69, 9.17) is 18.6 Å². The molecule has 0 spiro atoms. The predicted octanol–water partition coefficient (Wildman–Crippen LogP) is 3.64. The molecule has 8 heteroatoms. The largest absolute Gasteiger partial charge is 0.490 e. The molecule has 0 saturated heterocycles. The third-order valence-corrected chi connectivity index (χ3v) is 5.98. The molecule has 1 aromatic heterocycles. The molecule has 1 aliphatic heterocycles. The molecular weight excluding hydrogens is 406 g/mol. The highest BCUT2D eigenvalue weighted by Crippen LogP contribution is 2.31. The molecule has 0 amide bonds. The number of ether oxygens (including phenoxy) is 3. The van der Waals surface area contributed by atoms with E-state index in [9.17, 15) is 8.42 Å². The van der Waals surface area contributed by atoms with Gasteiger partial charge >= 0.3 is 0 Å². The van der Waals surface area contributed by atoms with Crippen LogP contribution in [0.25, 0.3) is 0 Å². The summed E-state index contributed by atoms with van der Waals surface area (Å²) in [5.74, 6) is 1.77. The Morgan fingerprint density at radius 1 is 0.900 bits per heavy atom. The van der Waals surface area contributed by atoms with E-state index in [1.807, 2.05) is 36.4 Å². The summed E-state index contributed by atoms with van der Waals surface area (Å²) < 4.78 is 50.1. The first-order valence-electron chi connectivity index (χ1n) is 9.67. The van der Waals surface area contributed by atoms with E-state index in [2.05, 4.69) is 4.72 Å². The van der Waals surface area contributed by atoms with Gasteiger partial charge in [0.1, 0.15) is 12.4 Å². The summed E-state index contributed by atoms with van der Waals surface area (Å²) in [5, 5.41) is 0. The number of hydrogen-bond donors (Lipinski definition) is 1. The first-order chi connectivity index (χ1) is 14.6. The smallest absolute Gasteiger partial charge is 0.241 e. The average Bonchev–Trinajstić information content (AvgIpc) is 3.15. The van der Waals surface area contributed by atoms with Gasteiger partial charge < -0.3 is 18.6 Å². The van der Waals surface area contributed by atoms with Crippen LogP contribution in [0, 0.1) is 0 Å². The van der Waals surface area contributed by atoms with Crippen molar-refractivity contribution in [2.75, 3.05) is 13.2 Å². The van der Waals surface area contributed by atoms with E-state index in [1.54, 1.807) is 12.3 Å². The van der Waals surface area contributed by atoms with Gasteiger partial charge in [-0.3, -0.25) is 0 Å². The van der Waals surface area contributed by atoms with E-state index < -0.39 is 10.0 Å². The van der Waals surface area contributed by atoms with Crippen molar-refractivity contribution in [2.45, 2.75) is 31.1 Å². The lowest BCUT2D eigenvalue weighted by atomic mass is 10.1. The van der Waals surface area contributed by atoms with Crippen LogP contribution >= 0.6 is 0 Å². The van der Waals surface area contributed by atoms with Gasteiger partial charge in [-0.25, -0.2) is 13.1 Å². The molecule has 1 aliphatic rings. The molecule has 0 aliphatic carbocycles. The van der Waals surface area contributed by atoms with Gasteiger partial charge in [0.05, 0.1) is 31.0 Å². The highest BCUT2D eigenvalue weighted by atomic mass is 32.2. The Kier molecular flexibility index (Phi) is 6.37. The normalized spacial score (nSPS) is 13.7. The van der Waals surface area contributed by atoms with E-state index in [-0.39, 0.29) is 11.4 Å². The number of hydrogen-bond acceptors (Lipinski definition) is 6. The van der Waals surface area contributed by atoms with Crippen molar-refractivity contribution in [1.82, 2.24) is 4.72 Å². The van der Waals surface area contributed by atoms with E-state index in [1.165, 1.54) is 12.1 Å². The molecule has 4 rings (SSSR count). The Bertz CT molecular complexity index is 1080. The fraction of sp³-hybridized carbons (Fsp3) is 0.273. The zero-order valence-corrected chi connectivity index (χ0v) is 17.2. The third kappa shape index (κ3) is 5.21. The second-order valence-corrected chi connectivity index (χ2v) is 8.64. The molecule has 0 bridgehead atoms. The average molecular weight is 429 g/mol. The van der Waals surface area contributed by atoms with Crippen LogP contribution in [0.2, 0.25) is 0 Å². The molecule has 158 valence electrons. The van der Waals surface area contributed by atoms with Gasteiger partial charge in [0.25, 0.3) is 0 Å². The van der Waals surface area contributed by atoms with Crippen LogP contribution in [0.15, 0.2) is 70.2 Å². The quantitative estimate of drug-likeness (QED) is 0.588. The SMILES string of the molecule is O=S(=O)(NCc1cccc(COCc2ccco2)c1)c1ccc2c(c1)OCCCO2. The maximum Gasteiger partial charge on any atom is 0.241 e. The Morgan fingerprint density at radius 2 is 1.73 bits per heavy atom. The van der Waals surface area contributed by atoms with Crippen molar-refractivity contribution in [3.63, 3.8) is 0 Å². The van der Waals surface area contributed by atoms with E-state index >= 15 is 0 Å². The topological polar surface area (TPSA) is 87.0 Å². The molecule has 0 unspecified atom stereocenters. The number of rotatable bonds is 8. The lowest BCUT2D eigenvalue weighted by molar-refractivity contribution is 0.0929. The Balaban J connectivity index is 1.37. The first-order valence-corrected chi connectivity index (χ1v) is 11.2. The first kappa shape index (κ1) is 20.5. The number of furan rings is 1. The molecule has 2 heterocycles. The van der Waals surface area contributed by atoms with Gasteiger partial charge in [-0.1, -0.05) is 24.3 Å². The predicted molar refractivity (Wildman–Crippen MR) is 110 cm³/mol. The Hall–Kier alpha value is -2.81. The van der Waals surface area contributed by atoms with Crippen LogP contribution in [0.3, 0.4) is 0 Å². The highest BCUT2D eigenvalue weighted by Gasteiger charge is 2.18. The molecule has 0 radical (unpaired) electrons. The molecule has 0 saturated carbocycles. The van der Waals surface area contributed by atoms with Gasteiger partial charge in [0, 0.05) is 19.0 Å². The molecule has 2 aromatic carbocycles. The molecule has 3 aromatic rings. The third-order valence-electron chi connectivity index (χ3n) is 4.58. The van der Waals surface area contributed by atoms with Crippen LogP contribution in [-0.4, -0.2) is 21.6 Å². The number of fused-ring (bicyclic) bond motifs is 1. The summed E-state index contributed by atoms with van der Waals surface area (Å²) in [5.41, 5.74) is 1.79. The maximum absolute atomic E-state index is 12.7. The standard InChI is InChI=1S/C22H23NO6S/c24-30(25,20-7-8-21-22(13-20)29-11-3-10-28-21)23-14-17-4-1-5-18(12-17)15-26-16-19-6-2-9-27-19/h1-2,4-9,12-13,23H,3,10-11,14-16H2. The Labute approximate surface area is 175 Å². The fourth-order valence-corrected chi connectivity index (χ4v) is 4.10. The summed E-state index contributed by atoms with van der Waals surface area (Å²) >= 11 is 0. The minimum absolute atomic E-state index is 0.143. The molecule has 30 heavy (non-hydrogen) atoms. The maximum atomic E-state index is 12.7. The van der Waals surface area contributed by atoms with Crippen LogP contribution in [-0.2, 0) is 34.5 Å². The monoisotopic (exact) mass is 429 g/mol. The zero-order chi connectivity index (χ0) is 20.8. The van der Waals surface area contributed by atoms with Crippen molar-refractivity contribution in [2.24, 2.45) is 0 Å². The van der Waals surface area contributed by atoms with Crippen molar-refractivity contribution in [3.05, 3.63) is 77.7 Å². The number of benzene rings is 2. The van der Waals surface area contributed by atoms with E-state index in [0.29, 0.717) is 37.9 Å². The van der Waals surface area contributed by atoms with Gasteiger partial charge in [-0.2, -0.15) is 0 Å². The summed E-state index contributed by atoms with van der Waals surface area (Å²) in [4.78, 5) is 0.143. The van der Waals surface area contributed by atoms with Gasteiger partial charge in [-0.15, -0.1) is 0 Å². The van der Waals surface area contributed by atoms with Gasteiger partial charge in [-0.05, 0) is 35.4 Å². The zero-order valence-electron chi connectivity index (χ0n) is 16.4. The lowest BCUT2D eigenvalue weighted by Gasteiger charge is -2.11. The van der Waals surface area contributed by atoms with Crippen LogP contribution in [0.4, 0.5) is 0 Å². The van der Waals surface area contributed by atoms with Gasteiger partial charge in [0.15, 0.2) is 11.5 Å². The minimum Gasteiger partial charge on any atom is -0.490 e. The van der Waals surface area contributed by atoms with Crippen molar-refractivity contribution in [3.8, 4) is 11.5 Å².